The summed E-state index contributed by atoms with van der Waals surface area (Å²) >= 11 is 7.33. The summed E-state index contributed by atoms with van der Waals surface area (Å²) in [5, 5.41) is 10.5. The number of hydrogen-bond donors (Lipinski definition) is 0. The van der Waals surface area contributed by atoms with Crippen molar-refractivity contribution in [1.29, 1.82) is 5.26 Å². The van der Waals surface area contributed by atoms with Gasteiger partial charge in [0.15, 0.2) is 5.15 Å². The monoisotopic (exact) mass is 326 g/mol. The van der Waals surface area contributed by atoms with Gasteiger partial charge >= 0.3 is 0 Å². The van der Waals surface area contributed by atoms with E-state index in [0.717, 1.165) is 57.4 Å². The third kappa shape index (κ3) is 3.49. The number of rotatable bonds is 3. The Morgan fingerprint density at radius 2 is 2.19 bits per heavy atom. The van der Waals surface area contributed by atoms with Crippen LogP contribution in [0.25, 0.3) is 0 Å². The van der Waals surface area contributed by atoms with Crippen LogP contribution in [0, 0.1) is 17.2 Å². The van der Waals surface area contributed by atoms with E-state index in [2.05, 4.69) is 20.2 Å². The zero-order valence-electron chi connectivity index (χ0n) is 11.9. The van der Waals surface area contributed by atoms with Crippen LogP contribution >= 0.6 is 23.1 Å². The van der Waals surface area contributed by atoms with Crippen molar-refractivity contribution in [3.8, 4) is 6.07 Å². The highest BCUT2D eigenvalue weighted by Crippen LogP contribution is 2.34. The summed E-state index contributed by atoms with van der Waals surface area (Å²) in [6, 6.07) is 2.18. The van der Waals surface area contributed by atoms with Gasteiger partial charge in [0.1, 0.15) is 16.6 Å². The average molecular weight is 327 g/mol. The van der Waals surface area contributed by atoms with E-state index >= 15 is 0 Å². The van der Waals surface area contributed by atoms with Crippen molar-refractivity contribution in [2.75, 3.05) is 50.8 Å². The number of hydrogen-bond acceptors (Lipinski definition) is 6. The van der Waals surface area contributed by atoms with E-state index in [4.69, 9.17) is 16.3 Å². The Balaban J connectivity index is 1.64. The van der Waals surface area contributed by atoms with Gasteiger partial charge in [0.05, 0.1) is 13.2 Å². The molecule has 114 valence electrons. The van der Waals surface area contributed by atoms with Crippen LogP contribution in [0.1, 0.15) is 18.4 Å². The van der Waals surface area contributed by atoms with Crippen LogP contribution in [0.2, 0.25) is 5.15 Å². The fraction of sp³-hybridized carbons (Fsp3) is 0.714. The summed E-state index contributed by atoms with van der Waals surface area (Å²) in [5.41, 5.74) is 0.536. The standard InChI is InChI=1S/C14H19ClN4OS/c15-13-12(8-16)14(21-17-13)19-3-1-2-11(10-19)9-18-4-6-20-7-5-18/h11H,1-7,9-10H2. The molecule has 7 heteroatoms. The molecule has 3 rings (SSSR count). The second kappa shape index (κ2) is 6.93. The van der Waals surface area contributed by atoms with Crippen molar-refractivity contribution in [3.63, 3.8) is 0 Å². The molecule has 2 saturated heterocycles. The molecule has 0 amide bonds. The second-order valence-electron chi connectivity index (χ2n) is 5.63. The maximum Gasteiger partial charge on any atom is 0.162 e. The van der Waals surface area contributed by atoms with E-state index in [0.29, 0.717) is 16.6 Å². The highest BCUT2D eigenvalue weighted by Gasteiger charge is 2.26. The molecule has 0 aliphatic carbocycles. The van der Waals surface area contributed by atoms with Crippen LogP contribution in [0.3, 0.4) is 0 Å². The van der Waals surface area contributed by atoms with Crippen LogP contribution in [0.4, 0.5) is 5.00 Å². The van der Waals surface area contributed by atoms with Gasteiger partial charge in [-0.25, -0.2) is 0 Å². The van der Waals surface area contributed by atoms with Gasteiger partial charge in [0.2, 0.25) is 0 Å². The van der Waals surface area contributed by atoms with Gasteiger partial charge in [-0.2, -0.15) is 9.64 Å². The van der Waals surface area contributed by atoms with Gasteiger partial charge < -0.3 is 9.64 Å². The summed E-state index contributed by atoms with van der Waals surface area (Å²) in [6.07, 6.45) is 2.41. The first-order chi connectivity index (χ1) is 10.3. The minimum atomic E-state index is 0.341. The Bertz CT molecular complexity index is 524. The largest absolute Gasteiger partial charge is 0.379 e. The summed E-state index contributed by atoms with van der Waals surface area (Å²) in [6.45, 7) is 6.86. The van der Waals surface area contributed by atoms with Gasteiger partial charge in [-0.3, -0.25) is 4.90 Å². The SMILES string of the molecule is N#Cc1c(Cl)nsc1N1CCCC(CN2CCOCC2)C1. The first kappa shape index (κ1) is 15.0. The Morgan fingerprint density at radius 1 is 1.38 bits per heavy atom. The predicted octanol–water partition coefficient (Wildman–Crippen LogP) is 2.22. The second-order valence-corrected chi connectivity index (χ2v) is 6.74. The maximum absolute atomic E-state index is 9.23. The van der Waals surface area contributed by atoms with Crippen molar-refractivity contribution in [3.05, 3.63) is 10.7 Å². The Kier molecular flexibility index (Phi) is 4.96. The molecule has 1 unspecified atom stereocenters. The minimum absolute atomic E-state index is 0.341. The van der Waals surface area contributed by atoms with Gasteiger partial charge in [-0.1, -0.05) is 11.6 Å². The van der Waals surface area contributed by atoms with Gasteiger partial charge in [-0.05, 0) is 30.3 Å². The van der Waals surface area contributed by atoms with Crippen LogP contribution in [-0.4, -0.2) is 55.2 Å². The van der Waals surface area contributed by atoms with Crippen molar-refractivity contribution in [2.24, 2.45) is 5.92 Å². The highest BCUT2D eigenvalue weighted by atomic mass is 35.5. The maximum atomic E-state index is 9.23. The highest BCUT2D eigenvalue weighted by molar-refractivity contribution is 7.10. The molecule has 0 N–H and O–H groups in total. The van der Waals surface area contributed by atoms with E-state index in [1.807, 2.05) is 0 Å². The molecule has 2 fully saturated rings. The fourth-order valence-corrected chi connectivity index (χ4v) is 4.18. The molecule has 21 heavy (non-hydrogen) atoms. The average Bonchev–Trinajstić information content (AvgIpc) is 2.89. The minimum Gasteiger partial charge on any atom is -0.379 e. The van der Waals surface area contributed by atoms with Crippen molar-refractivity contribution >= 4 is 28.1 Å². The molecule has 1 aromatic heterocycles. The van der Waals surface area contributed by atoms with Crippen LogP contribution < -0.4 is 4.90 Å². The number of nitriles is 1. The summed E-state index contributed by atoms with van der Waals surface area (Å²) in [7, 11) is 0. The number of morpholine rings is 1. The van der Waals surface area contributed by atoms with E-state index in [1.54, 1.807) is 0 Å². The number of nitrogens with zero attached hydrogens (tertiary/aromatic N) is 4. The molecule has 2 aliphatic heterocycles. The van der Waals surface area contributed by atoms with Crippen LogP contribution in [-0.2, 0) is 4.74 Å². The van der Waals surface area contributed by atoms with Gasteiger partial charge in [0.25, 0.3) is 0 Å². The third-order valence-electron chi connectivity index (χ3n) is 4.17. The molecule has 5 nitrogen and oxygen atoms in total. The quantitative estimate of drug-likeness (QED) is 0.852. The Morgan fingerprint density at radius 3 is 2.95 bits per heavy atom. The normalized spacial score (nSPS) is 24.0. The zero-order valence-corrected chi connectivity index (χ0v) is 13.5. The van der Waals surface area contributed by atoms with Gasteiger partial charge in [0, 0.05) is 32.7 Å². The molecule has 1 aromatic rings. The van der Waals surface area contributed by atoms with E-state index < -0.39 is 0 Å². The molecule has 2 aliphatic rings. The fourth-order valence-electron chi connectivity index (χ4n) is 3.12. The Hall–Kier alpha value is -0.870. The summed E-state index contributed by atoms with van der Waals surface area (Å²) < 4.78 is 9.52. The lowest BCUT2D eigenvalue weighted by Crippen LogP contribution is -2.44. The van der Waals surface area contributed by atoms with Crippen molar-refractivity contribution in [2.45, 2.75) is 12.8 Å². The van der Waals surface area contributed by atoms with E-state index in [1.165, 1.54) is 18.0 Å². The lowest BCUT2D eigenvalue weighted by Gasteiger charge is -2.37. The molecule has 0 radical (unpaired) electrons. The molecule has 1 atom stereocenters. The molecular weight excluding hydrogens is 308 g/mol. The number of aromatic nitrogens is 1. The first-order valence-corrected chi connectivity index (χ1v) is 8.53. The molecule has 0 aromatic carbocycles. The topological polar surface area (TPSA) is 52.4 Å². The van der Waals surface area contributed by atoms with Crippen LogP contribution in [0.5, 0.6) is 0 Å². The first-order valence-electron chi connectivity index (χ1n) is 7.38. The smallest absolute Gasteiger partial charge is 0.162 e. The number of ether oxygens (including phenoxy) is 1. The van der Waals surface area contributed by atoms with Crippen molar-refractivity contribution < 1.29 is 4.74 Å². The van der Waals surface area contributed by atoms with Crippen LogP contribution in [0.15, 0.2) is 0 Å². The summed E-state index contributed by atoms with van der Waals surface area (Å²) in [5.74, 6) is 0.643. The molecular formula is C14H19ClN4OS. The number of piperidine rings is 1. The van der Waals surface area contributed by atoms with Crippen molar-refractivity contribution in [1.82, 2.24) is 9.27 Å². The lowest BCUT2D eigenvalue weighted by molar-refractivity contribution is 0.0296. The van der Waals surface area contributed by atoms with E-state index in [9.17, 15) is 5.26 Å². The summed E-state index contributed by atoms with van der Waals surface area (Å²) in [4.78, 5) is 4.78. The molecule has 0 bridgehead atoms. The molecule has 3 heterocycles. The van der Waals surface area contributed by atoms with Gasteiger partial charge in [-0.15, -0.1) is 0 Å². The zero-order chi connectivity index (χ0) is 14.7. The molecule has 0 saturated carbocycles. The predicted molar refractivity (Wildman–Crippen MR) is 84.0 cm³/mol. The third-order valence-corrected chi connectivity index (χ3v) is 5.45. The molecule has 0 spiro atoms. The van der Waals surface area contributed by atoms with E-state index in [-0.39, 0.29) is 0 Å². The lowest BCUT2D eigenvalue weighted by atomic mass is 9.97. The number of halogens is 1. The Labute approximate surface area is 134 Å². The number of anilines is 1.